The molecule has 1 aromatic heterocycles. The quantitative estimate of drug-likeness (QED) is 0.854. The molecule has 0 amide bonds. The van der Waals surface area contributed by atoms with Gasteiger partial charge in [-0.1, -0.05) is 35.1 Å². The third-order valence-corrected chi connectivity index (χ3v) is 3.20. The summed E-state index contributed by atoms with van der Waals surface area (Å²) in [5.74, 6) is 0. The van der Waals surface area contributed by atoms with E-state index in [1.165, 1.54) is 24.3 Å². The Bertz CT molecular complexity index is 533. The molecule has 0 spiro atoms. The molecule has 0 aliphatic carbocycles. The number of halogens is 4. The monoisotopic (exact) mass is 278 g/mol. The van der Waals surface area contributed by atoms with Crippen molar-refractivity contribution in [2.45, 2.75) is 6.18 Å². The molecule has 0 fully saturated rings. The van der Waals surface area contributed by atoms with E-state index >= 15 is 0 Å². The number of nitrogens with two attached hydrogens (primary N) is 1. The minimum atomic E-state index is -4.51. The first-order chi connectivity index (χ1) is 7.88. The fourth-order valence-corrected chi connectivity index (χ4v) is 2.31. The minimum absolute atomic E-state index is 0.00617. The van der Waals surface area contributed by atoms with E-state index < -0.39 is 11.9 Å². The Morgan fingerprint density at radius 3 is 2.29 bits per heavy atom. The van der Waals surface area contributed by atoms with Crippen molar-refractivity contribution in [2.75, 3.05) is 5.73 Å². The van der Waals surface area contributed by atoms with E-state index in [2.05, 4.69) is 4.98 Å². The lowest BCUT2D eigenvalue weighted by Crippen LogP contribution is -2.07. The Hall–Kier alpha value is -1.27. The van der Waals surface area contributed by atoms with Crippen LogP contribution < -0.4 is 5.73 Å². The summed E-state index contributed by atoms with van der Waals surface area (Å²) >= 11 is 6.48. The van der Waals surface area contributed by atoms with Crippen LogP contribution in [0.4, 0.5) is 18.3 Å². The molecule has 0 unspecified atom stereocenters. The summed E-state index contributed by atoms with van der Waals surface area (Å²) in [4.78, 5) is 3.33. The van der Waals surface area contributed by atoms with E-state index in [1.807, 2.05) is 0 Å². The van der Waals surface area contributed by atoms with Gasteiger partial charge in [-0.05, 0) is 17.7 Å². The Morgan fingerprint density at radius 2 is 1.76 bits per heavy atom. The van der Waals surface area contributed by atoms with E-state index in [0.29, 0.717) is 10.6 Å². The largest absolute Gasteiger partial charge is 0.434 e. The molecule has 90 valence electrons. The Balaban J connectivity index is 2.55. The van der Waals surface area contributed by atoms with Gasteiger partial charge in [0.15, 0.2) is 10.8 Å². The normalized spacial score (nSPS) is 11.8. The predicted octanol–water partition coefficient (Wildman–Crippen LogP) is 4.06. The lowest BCUT2D eigenvalue weighted by atomic mass is 10.1. The van der Waals surface area contributed by atoms with Crippen molar-refractivity contribution in [3.05, 3.63) is 35.0 Å². The number of benzene rings is 1. The number of rotatable bonds is 1. The first-order valence-electron chi connectivity index (χ1n) is 4.47. The number of aromatic nitrogens is 1. The molecular weight excluding hydrogens is 273 g/mol. The summed E-state index contributed by atoms with van der Waals surface area (Å²) in [6.45, 7) is 0. The molecule has 1 aromatic carbocycles. The summed E-state index contributed by atoms with van der Waals surface area (Å²) in [6, 6.07) is 6.05. The lowest BCUT2D eigenvalue weighted by molar-refractivity contribution is -0.140. The second-order valence-corrected chi connectivity index (χ2v) is 4.70. The third-order valence-electron chi connectivity index (χ3n) is 2.02. The molecule has 0 aliphatic heterocycles. The van der Waals surface area contributed by atoms with Crippen LogP contribution in [0.3, 0.4) is 0 Å². The van der Waals surface area contributed by atoms with E-state index in [9.17, 15) is 13.2 Å². The molecule has 0 atom stereocenters. The third kappa shape index (κ3) is 2.53. The Labute approximate surface area is 104 Å². The topological polar surface area (TPSA) is 38.9 Å². The van der Waals surface area contributed by atoms with E-state index in [0.717, 1.165) is 11.3 Å². The summed E-state index contributed by atoms with van der Waals surface area (Å²) in [6.07, 6.45) is -4.51. The lowest BCUT2D eigenvalue weighted by Gasteiger charge is -2.05. The van der Waals surface area contributed by atoms with Crippen LogP contribution in [0.5, 0.6) is 0 Å². The van der Waals surface area contributed by atoms with Gasteiger partial charge < -0.3 is 5.73 Å². The average Bonchev–Trinajstić information content (AvgIpc) is 2.61. The van der Waals surface area contributed by atoms with Crippen molar-refractivity contribution >= 4 is 28.1 Å². The van der Waals surface area contributed by atoms with Crippen LogP contribution in [0, 0.1) is 0 Å². The highest BCUT2D eigenvalue weighted by molar-refractivity contribution is 7.18. The number of thiazole rings is 1. The van der Waals surface area contributed by atoms with Crippen LogP contribution in [0.2, 0.25) is 5.02 Å². The number of alkyl halides is 3. The van der Waals surface area contributed by atoms with Crippen LogP contribution in [-0.2, 0) is 6.18 Å². The zero-order valence-electron chi connectivity index (χ0n) is 8.25. The maximum absolute atomic E-state index is 12.7. The van der Waals surface area contributed by atoms with Gasteiger partial charge >= 0.3 is 6.18 Å². The smallest absolute Gasteiger partial charge is 0.375 e. The molecule has 0 saturated heterocycles. The van der Waals surface area contributed by atoms with Crippen molar-refractivity contribution in [2.24, 2.45) is 0 Å². The van der Waals surface area contributed by atoms with Gasteiger partial charge in [0, 0.05) is 5.02 Å². The van der Waals surface area contributed by atoms with Crippen molar-refractivity contribution in [1.29, 1.82) is 0 Å². The highest BCUT2D eigenvalue weighted by atomic mass is 35.5. The highest BCUT2D eigenvalue weighted by Gasteiger charge is 2.37. The Morgan fingerprint density at radius 1 is 1.18 bits per heavy atom. The standard InChI is InChI=1S/C10H6ClF3N2S/c11-6-3-1-5(2-4-6)7-8(10(12,13)14)16-9(15)17-7/h1-4H,(H2,15,16). The second kappa shape index (κ2) is 4.19. The molecule has 0 aliphatic rings. The zero-order chi connectivity index (χ0) is 12.6. The van der Waals surface area contributed by atoms with Crippen LogP contribution in [0.25, 0.3) is 10.4 Å². The van der Waals surface area contributed by atoms with Gasteiger partial charge in [0.05, 0.1) is 4.88 Å². The average molecular weight is 279 g/mol. The molecule has 17 heavy (non-hydrogen) atoms. The van der Waals surface area contributed by atoms with E-state index in [-0.39, 0.29) is 10.0 Å². The minimum Gasteiger partial charge on any atom is -0.375 e. The molecule has 2 rings (SSSR count). The van der Waals surface area contributed by atoms with Gasteiger partial charge in [-0.2, -0.15) is 13.2 Å². The summed E-state index contributed by atoms with van der Waals surface area (Å²) in [5.41, 5.74) is 4.77. The predicted molar refractivity (Wildman–Crippen MR) is 62.0 cm³/mol. The molecule has 0 radical (unpaired) electrons. The number of hydrogen-bond donors (Lipinski definition) is 1. The molecular formula is C10H6ClF3N2S. The SMILES string of the molecule is Nc1nc(C(F)(F)F)c(-c2ccc(Cl)cc2)s1. The zero-order valence-corrected chi connectivity index (χ0v) is 9.83. The number of hydrogen-bond acceptors (Lipinski definition) is 3. The van der Waals surface area contributed by atoms with Gasteiger partial charge in [0.2, 0.25) is 0 Å². The van der Waals surface area contributed by atoms with Crippen molar-refractivity contribution < 1.29 is 13.2 Å². The highest BCUT2D eigenvalue weighted by Crippen LogP contribution is 2.41. The van der Waals surface area contributed by atoms with Crippen LogP contribution in [0.15, 0.2) is 24.3 Å². The van der Waals surface area contributed by atoms with Crippen molar-refractivity contribution in [3.8, 4) is 10.4 Å². The van der Waals surface area contributed by atoms with Crippen LogP contribution in [0.1, 0.15) is 5.69 Å². The van der Waals surface area contributed by atoms with Gasteiger partial charge in [-0.15, -0.1) is 0 Å². The molecule has 1 heterocycles. The van der Waals surface area contributed by atoms with Gasteiger partial charge in [0.25, 0.3) is 0 Å². The molecule has 2 aromatic rings. The maximum Gasteiger partial charge on any atom is 0.434 e. The molecule has 0 saturated carbocycles. The van der Waals surface area contributed by atoms with Gasteiger partial charge in [0.1, 0.15) is 0 Å². The summed E-state index contributed by atoms with van der Waals surface area (Å²) < 4.78 is 38.1. The van der Waals surface area contributed by atoms with Crippen LogP contribution >= 0.6 is 22.9 Å². The van der Waals surface area contributed by atoms with Crippen LogP contribution in [-0.4, -0.2) is 4.98 Å². The number of nitrogens with zero attached hydrogens (tertiary/aromatic N) is 1. The van der Waals surface area contributed by atoms with Gasteiger partial charge in [-0.3, -0.25) is 0 Å². The fraction of sp³-hybridized carbons (Fsp3) is 0.100. The first kappa shape index (κ1) is 12.2. The maximum atomic E-state index is 12.7. The number of nitrogen functional groups attached to an aromatic ring is 1. The number of anilines is 1. The van der Waals surface area contributed by atoms with Crippen molar-refractivity contribution in [3.63, 3.8) is 0 Å². The van der Waals surface area contributed by atoms with E-state index in [1.54, 1.807) is 0 Å². The Kier molecular flexibility index (Phi) is 3.01. The molecule has 2 nitrogen and oxygen atoms in total. The van der Waals surface area contributed by atoms with Gasteiger partial charge in [-0.25, -0.2) is 4.98 Å². The first-order valence-corrected chi connectivity index (χ1v) is 5.67. The fourth-order valence-electron chi connectivity index (χ4n) is 1.33. The molecule has 0 bridgehead atoms. The summed E-state index contributed by atoms with van der Waals surface area (Å²) in [7, 11) is 0. The summed E-state index contributed by atoms with van der Waals surface area (Å²) in [5, 5.41) is 0.349. The van der Waals surface area contributed by atoms with E-state index in [4.69, 9.17) is 17.3 Å². The molecule has 2 N–H and O–H groups in total. The second-order valence-electron chi connectivity index (χ2n) is 3.23. The van der Waals surface area contributed by atoms with Crippen molar-refractivity contribution in [1.82, 2.24) is 4.98 Å². The molecule has 7 heteroatoms.